The molecule has 0 unspecified atom stereocenters. The van der Waals surface area contributed by atoms with Crippen LogP contribution in [-0.2, 0) is 5.75 Å². The fourth-order valence-electron chi connectivity index (χ4n) is 3.26. The Morgan fingerprint density at radius 3 is 2.68 bits per heavy atom. The zero-order valence-electron chi connectivity index (χ0n) is 16.1. The van der Waals surface area contributed by atoms with Crippen molar-refractivity contribution in [1.29, 1.82) is 0 Å². The van der Waals surface area contributed by atoms with Crippen molar-refractivity contribution in [3.05, 3.63) is 94.8 Å². The number of anilines is 1. The summed E-state index contributed by atoms with van der Waals surface area (Å²) >= 11 is 7.40. The molecule has 8 heteroatoms. The normalized spacial score (nSPS) is 14.6. The third kappa shape index (κ3) is 4.33. The van der Waals surface area contributed by atoms with Crippen molar-refractivity contribution >= 4 is 29.1 Å². The molecule has 5 nitrogen and oxygen atoms in total. The van der Waals surface area contributed by atoms with Crippen LogP contribution >= 0.6 is 23.4 Å². The van der Waals surface area contributed by atoms with E-state index in [-0.39, 0.29) is 5.82 Å². The monoisotopic (exact) mass is 450 g/mol. The molecule has 1 atom stereocenters. The second kappa shape index (κ2) is 8.53. The van der Waals surface area contributed by atoms with E-state index in [4.69, 9.17) is 16.3 Å². The van der Waals surface area contributed by atoms with Crippen LogP contribution in [0.1, 0.15) is 17.4 Å². The van der Waals surface area contributed by atoms with Crippen molar-refractivity contribution in [2.75, 3.05) is 5.32 Å². The van der Waals surface area contributed by atoms with E-state index in [1.807, 2.05) is 48.5 Å². The highest BCUT2D eigenvalue weighted by molar-refractivity contribution is 7.98. The number of rotatable bonds is 4. The van der Waals surface area contributed by atoms with Crippen LogP contribution in [-0.4, -0.2) is 15.2 Å². The van der Waals surface area contributed by atoms with Gasteiger partial charge in [-0.1, -0.05) is 65.8 Å². The van der Waals surface area contributed by atoms with Crippen LogP contribution in [0.25, 0.3) is 11.3 Å². The number of halogens is 2. The molecule has 0 saturated heterocycles. The SMILES string of the molecule is Fc1cccc([C@H]2Nc3ccccc3-c3nnc(SCc4ccc(Cl)cc4)nc3O2)c1. The molecule has 0 radical (unpaired) electrons. The fraction of sp³-hybridized carbons (Fsp3) is 0.0870. The van der Waals surface area contributed by atoms with E-state index in [1.54, 1.807) is 12.1 Å². The lowest BCUT2D eigenvalue weighted by Crippen LogP contribution is -2.17. The molecule has 4 aromatic rings. The molecule has 0 spiro atoms. The number of para-hydroxylation sites is 1. The van der Waals surface area contributed by atoms with E-state index in [1.165, 1.54) is 23.9 Å². The maximum absolute atomic E-state index is 13.8. The maximum Gasteiger partial charge on any atom is 0.247 e. The Morgan fingerprint density at radius 1 is 1.00 bits per heavy atom. The fourth-order valence-corrected chi connectivity index (χ4v) is 4.12. The number of aromatic nitrogens is 3. The highest BCUT2D eigenvalue weighted by atomic mass is 35.5. The Labute approximate surface area is 187 Å². The second-order valence-corrected chi connectivity index (χ2v) is 8.29. The molecule has 0 saturated carbocycles. The molecular formula is C23H16ClFN4OS. The Morgan fingerprint density at radius 2 is 1.84 bits per heavy atom. The summed E-state index contributed by atoms with van der Waals surface area (Å²) in [6.07, 6.45) is -0.621. The molecule has 3 aromatic carbocycles. The number of thioether (sulfide) groups is 1. The van der Waals surface area contributed by atoms with Gasteiger partial charge in [-0.3, -0.25) is 0 Å². The minimum atomic E-state index is -0.621. The summed E-state index contributed by atoms with van der Waals surface area (Å²) in [6.45, 7) is 0. The van der Waals surface area contributed by atoms with Crippen molar-refractivity contribution in [2.45, 2.75) is 17.1 Å². The highest BCUT2D eigenvalue weighted by Crippen LogP contribution is 2.39. The molecular weight excluding hydrogens is 435 g/mol. The zero-order valence-corrected chi connectivity index (χ0v) is 17.7. The molecule has 2 heterocycles. The van der Waals surface area contributed by atoms with Crippen molar-refractivity contribution in [1.82, 2.24) is 15.2 Å². The molecule has 5 rings (SSSR count). The summed E-state index contributed by atoms with van der Waals surface area (Å²) in [5.41, 5.74) is 3.92. The number of nitrogens with one attached hydrogen (secondary N) is 1. The Kier molecular flexibility index (Phi) is 5.44. The highest BCUT2D eigenvalue weighted by Gasteiger charge is 2.26. The zero-order chi connectivity index (χ0) is 21.2. The average molecular weight is 451 g/mol. The molecule has 1 aromatic heterocycles. The predicted octanol–water partition coefficient (Wildman–Crippen LogP) is 6.13. The Balaban J connectivity index is 1.48. The number of hydrogen-bond acceptors (Lipinski definition) is 6. The molecule has 0 bridgehead atoms. The van der Waals surface area contributed by atoms with Crippen LogP contribution in [0.2, 0.25) is 5.02 Å². The van der Waals surface area contributed by atoms with Gasteiger partial charge >= 0.3 is 0 Å². The number of benzene rings is 3. The summed E-state index contributed by atoms with van der Waals surface area (Å²) in [6, 6.07) is 21.6. The average Bonchev–Trinajstić information content (AvgIpc) is 2.95. The van der Waals surface area contributed by atoms with Crippen LogP contribution in [0.15, 0.2) is 78.0 Å². The molecule has 0 amide bonds. The molecule has 31 heavy (non-hydrogen) atoms. The summed E-state index contributed by atoms with van der Waals surface area (Å²) < 4.78 is 20.0. The Bertz CT molecular complexity index is 1240. The van der Waals surface area contributed by atoms with Crippen molar-refractivity contribution < 1.29 is 9.13 Å². The Hall–Kier alpha value is -3.16. The first kappa shape index (κ1) is 19.8. The second-order valence-electron chi connectivity index (χ2n) is 6.91. The van der Waals surface area contributed by atoms with Gasteiger partial charge in [0, 0.05) is 27.6 Å². The third-order valence-electron chi connectivity index (χ3n) is 4.77. The van der Waals surface area contributed by atoms with Crippen molar-refractivity contribution in [3.8, 4) is 17.1 Å². The van der Waals surface area contributed by atoms with Crippen molar-refractivity contribution in [3.63, 3.8) is 0 Å². The quantitative estimate of drug-likeness (QED) is 0.377. The van der Waals surface area contributed by atoms with E-state index >= 15 is 0 Å². The van der Waals surface area contributed by atoms with E-state index in [0.717, 1.165) is 16.8 Å². The third-order valence-corrected chi connectivity index (χ3v) is 5.93. The van der Waals surface area contributed by atoms with Gasteiger partial charge in [-0.2, -0.15) is 4.98 Å². The smallest absolute Gasteiger partial charge is 0.247 e. The van der Waals surface area contributed by atoms with E-state index < -0.39 is 6.23 Å². The summed E-state index contributed by atoms with van der Waals surface area (Å²) in [5, 5.41) is 13.2. The lowest BCUT2D eigenvalue weighted by atomic mass is 10.1. The molecule has 0 aliphatic carbocycles. The van der Waals surface area contributed by atoms with Gasteiger partial charge in [0.05, 0.1) is 0 Å². The van der Waals surface area contributed by atoms with Gasteiger partial charge in [0.25, 0.3) is 0 Å². The number of ether oxygens (including phenoxy) is 1. The van der Waals surface area contributed by atoms with E-state index in [9.17, 15) is 4.39 Å². The number of fused-ring (bicyclic) bond motifs is 3. The number of hydrogen-bond donors (Lipinski definition) is 1. The van der Waals surface area contributed by atoms with E-state index in [2.05, 4.69) is 20.5 Å². The number of nitrogens with zero attached hydrogens (tertiary/aromatic N) is 3. The van der Waals surface area contributed by atoms with Gasteiger partial charge in [0.15, 0.2) is 11.9 Å². The topological polar surface area (TPSA) is 59.9 Å². The van der Waals surface area contributed by atoms with Gasteiger partial charge in [-0.25, -0.2) is 4.39 Å². The first-order valence-corrected chi connectivity index (χ1v) is 10.9. The van der Waals surface area contributed by atoms with E-state index in [0.29, 0.717) is 33.1 Å². The van der Waals surface area contributed by atoms with Crippen LogP contribution in [0, 0.1) is 5.82 Å². The summed E-state index contributed by atoms with van der Waals surface area (Å²) in [5.74, 6) is 0.681. The van der Waals surface area contributed by atoms with Gasteiger partial charge in [0.2, 0.25) is 11.0 Å². The maximum atomic E-state index is 13.8. The summed E-state index contributed by atoms with van der Waals surface area (Å²) in [4.78, 5) is 4.61. The van der Waals surface area contributed by atoms with Gasteiger partial charge in [-0.15, -0.1) is 10.2 Å². The van der Waals surface area contributed by atoms with Crippen LogP contribution in [0.5, 0.6) is 5.88 Å². The summed E-state index contributed by atoms with van der Waals surface area (Å²) in [7, 11) is 0. The first-order chi connectivity index (χ1) is 15.2. The minimum absolute atomic E-state index is 0.333. The van der Waals surface area contributed by atoms with Gasteiger partial charge < -0.3 is 10.1 Å². The molecule has 1 aliphatic rings. The minimum Gasteiger partial charge on any atom is -0.448 e. The molecule has 1 N–H and O–H groups in total. The van der Waals surface area contributed by atoms with Crippen LogP contribution in [0.4, 0.5) is 10.1 Å². The van der Waals surface area contributed by atoms with Crippen LogP contribution < -0.4 is 10.1 Å². The van der Waals surface area contributed by atoms with Gasteiger partial charge in [-0.05, 0) is 35.9 Å². The molecule has 154 valence electrons. The lowest BCUT2D eigenvalue weighted by molar-refractivity contribution is 0.225. The molecule has 1 aliphatic heterocycles. The lowest BCUT2D eigenvalue weighted by Gasteiger charge is -2.19. The van der Waals surface area contributed by atoms with Crippen molar-refractivity contribution in [2.24, 2.45) is 0 Å². The predicted molar refractivity (Wildman–Crippen MR) is 120 cm³/mol. The first-order valence-electron chi connectivity index (χ1n) is 9.56. The standard InChI is InChI=1S/C23H16ClFN4OS/c24-16-10-8-14(9-11-16)13-31-23-27-22-20(28-29-23)18-6-1-2-7-19(18)26-21(30-22)15-4-3-5-17(25)12-15/h1-12,21,26H,13H2/t21-/m0/s1. The van der Waals surface area contributed by atoms with Gasteiger partial charge in [0.1, 0.15) is 5.82 Å². The largest absolute Gasteiger partial charge is 0.448 e. The molecule has 0 fully saturated rings. The van der Waals surface area contributed by atoms with Crippen LogP contribution in [0.3, 0.4) is 0 Å².